The Morgan fingerprint density at radius 3 is 2.69 bits per heavy atom. The van der Waals surface area contributed by atoms with Crippen LogP contribution in [0.3, 0.4) is 0 Å². The Morgan fingerprint density at radius 1 is 1.46 bits per heavy atom. The quantitative estimate of drug-likeness (QED) is 0.737. The minimum absolute atomic E-state index is 0.773. The molecule has 0 aliphatic rings. The van der Waals surface area contributed by atoms with E-state index in [9.17, 15) is 4.21 Å². The highest BCUT2D eigenvalue weighted by molar-refractivity contribution is 7.85. The highest BCUT2D eigenvalue weighted by Gasteiger charge is 2.04. The zero-order valence-corrected chi connectivity index (χ0v) is 8.80. The van der Waals surface area contributed by atoms with Gasteiger partial charge in [-0.3, -0.25) is 4.31 Å². The summed E-state index contributed by atoms with van der Waals surface area (Å²) in [5.41, 5.74) is 0.889. The molecule has 1 aromatic rings. The van der Waals surface area contributed by atoms with Crippen LogP contribution in [0.5, 0.6) is 5.75 Å². The fourth-order valence-corrected chi connectivity index (χ4v) is 1.37. The van der Waals surface area contributed by atoms with E-state index in [0.717, 1.165) is 11.4 Å². The summed E-state index contributed by atoms with van der Waals surface area (Å²) in [6.45, 7) is 0. The van der Waals surface area contributed by atoms with Gasteiger partial charge in [-0.15, -0.1) is 0 Å². The van der Waals surface area contributed by atoms with Crippen LogP contribution in [0.15, 0.2) is 24.3 Å². The van der Waals surface area contributed by atoms with E-state index in [-0.39, 0.29) is 0 Å². The van der Waals surface area contributed by atoms with Crippen molar-refractivity contribution in [3.63, 3.8) is 0 Å². The number of anilines is 1. The molecule has 0 fully saturated rings. The summed E-state index contributed by atoms with van der Waals surface area (Å²) in [6.07, 6.45) is 1.64. The van der Waals surface area contributed by atoms with Crippen LogP contribution in [0.4, 0.5) is 5.69 Å². The first kappa shape index (κ1) is 10.1. The third kappa shape index (κ3) is 2.45. The second-order valence-corrected chi connectivity index (χ2v) is 4.02. The van der Waals surface area contributed by atoms with Crippen molar-refractivity contribution in [2.24, 2.45) is 0 Å². The summed E-state index contributed by atoms with van der Waals surface area (Å²) in [5, 5.41) is 0. The summed E-state index contributed by atoms with van der Waals surface area (Å²) in [4.78, 5) is 0. The number of benzene rings is 1. The highest BCUT2D eigenvalue weighted by Crippen LogP contribution is 2.20. The van der Waals surface area contributed by atoms with Crippen molar-refractivity contribution in [3.05, 3.63) is 24.3 Å². The number of methoxy groups -OCH3 is 1. The standard InChI is InChI=1S/C9H13NO2S/c1-10(13(3)11)8-5-4-6-9(7-8)12-2/h4-7H,1-3H3. The van der Waals surface area contributed by atoms with Crippen LogP contribution in [0.2, 0.25) is 0 Å². The molecule has 1 aromatic carbocycles. The molecule has 0 aromatic heterocycles. The first-order valence-corrected chi connectivity index (χ1v) is 5.38. The SMILES string of the molecule is COc1cccc(N(C)S(C)=O)c1. The Morgan fingerprint density at radius 2 is 2.15 bits per heavy atom. The molecule has 0 radical (unpaired) electrons. The fourth-order valence-electron chi connectivity index (χ4n) is 0.955. The van der Waals surface area contributed by atoms with Gasteiger partial charge >= 0.3 is 0 Å². The Hall–Kier alpha value is -1.03. The molecule has 0 bridgehead atoms. The molecular formula is C9H13NO2S. The van der Waals surface area contributed by atoms with E-state index >= 15 is 0 Å². The maximum absolute atomic E-state index is 11.1. The monoisotopic (exact) mass is 199 g/mol. The number of hydrogen-bond donors (Lipinski definition) is 0. The first-order chi connectivity index (χ1) is 6.15. The zero-order valence-electron chi connectivity index (χ0n) is 7.98. The van der Waals surface area contributed by atoms with E-state index in [1.54, 1.807) is 24.7 Å². The van der Waals surface area contributed by atoms with Gasteiger partial charge in [0.15, 0.2) is 0 Å². The van der Waals surface area contributed by atoms with Crippen LogP contribution < -0.4 is 9.04 Å². The van der Waals surface area contributed by atoms with E-state index in [1.165, 1.54) is 0 Å². The lowest BCUT2D eigenvalue weighted by molar-refractivity contribution is 0.415. The molecule has 0 heterocycles. The van der Waals surface area contributed by atoms with Crippen LogP contribution in [0.25, 0.3) is 0 Å². The average molecular weight is 199 g/mol. The normalized spacial score (nSPS) is 12.2. The molecule has 0 amide bonds. The molecule has 0 aliphatic heterocycles. The molecule has 0 N–H and O–H groups in total. The van der Waals surface area contributed by atoms with E-state index in [2.05, 4.69) is 0 Å². The van der Waals surface area contributed by atoms with E-state index < -0.39 is 11.0 Å². The lowest BCUT2D eigenvalue weighted by Gasteiger charge is -2.15. The largest absolute Gasteiger partial charge is 0.497 e. The molecule has 72 valence electrons. The first-order valence-electron chi connectivity index (χ1n) is 3.86. The molecule has 13 heavy (non-hydrogen) atoms. The lowest BCUT2D eigenvalue weighted by atomic mass is 10.3. The maximum Gasteiger partial charge on any atom is 0.120 e. The van der Waals surface area contributed by atoms with Crippen molar-refractivity contribution < 1.29 is 8.95 Å². The minimum Gasteiger partial charge on any atom is -0.497 e. The molecule has 1 atom stereocenters. The number of nitrogens with zero attached hydrogens (tertiary/aromatic N) is 1. The number of ether oxygens (including phenoxy) is 1. The second kappa shape index (κ2) is 4.28. The molecule has 1 rings (SSSR count). The van der Waals surface area contributed by atoms with Gasteiger partial charge in [0, 0.05) is 19.4 Å². The van der Waals surface area contributed by atoms with Crippen molar-refractivity contribution in [2.75, 3.05) is 24.7 Å². The van der Waals surface area contributed by atoms with Gasteiger partial charge in [-0.1, -0.05) is 6.07 Å². The fraction of sp³-hybridized carbons (Fsp3) is 0.333. The van der Waals surface area contributed by atoms with Gasteiger partial charge in [0.05, 0.1) is 12.8 Å². The Balaban J connectivity index is 2.94. The Labute approximate surface area is 80.9 Å². The highest BCUT2D eigenvalue weighted by atomic mass is 32.2. The summed E-state index contributed by atoms with van der Waals surface area (Å²) < 4.78 is 17.9. The van der Waals surface area contributed by atoms with Gasteiger partial charge in [-0.2, -0.15) is 0 Å². The van der Waals surface area contributed by atoms with Crippen LogP contribution in [-0.4, -0.2) is 24.6 Å². The molecule has 0 aliphatic carbocycles. The summed E-state index contributed by atoms with van der Waals surface area (Å²) in [7, 11) is 2.40. The molecule has 1 unspecified atom stereocenters. The van der Waals surface area contributed by atoms with Crippen molar-refractivity contribution in [3.8, 4) is 5.75 Å². The zero-order chi connectivity index (χ0) is 9.84. The molecule has 0 saturated carbocycles. The topological polar surface area (TPSA) is 29.5 Å². The van der Waals surface area contributed by atoms with Gasteiger partial charge in [0.25, 0.3) is 0 Å². The van der Waals surface area contributed by atoms with Crippen molar-refractivity contribution in [1.29, 1.82) is 0 Å². The average Bonchev–Trinajstić information content (AvgIpc) is 2.16. The minimum atomic E-state index is -0.994. The van der Waals surface area contributed by atoms with Crippen molar-refractivity contribution >= 4 is 16.7 Å². The third-order valence-corrected chi connectivity index (χ3v) is 2.78. The van der Waals surface area contributed by atoms with Crippen LogP contribution >= 0.6 is 0 Å². The third-order valence-electron chi connectivity index (χ3n) is 1.80. The molecule has 0 saturated heterocycles. The Bertz CT molecular complexity index is 314. The van der Waals surface area contributed by atoms with E-state index in [1.807, 2.05) is 24.3 Å². The van der Waals surface area contributed by atoms with Gasteiger partial charge < -0.3 is 4.74 Å². The number of rotatable bonds is 3. The smallest absolute Gasteiger partial charge is 0.120 e. The molecule has 3 nitrogen and oxygen atoms in total. The van der Waals surface area contributed by atoms with Crippen LogP contribution in [0.1, 0.15) is 0 Å². The lowest BCUT2D eigenvalue weighted by Crippen LogP contribution is -2.18. The van der Waals surface area contributed by atoms with Gasteiger partial charge in [0.1, 0.15) is 16.7 Å². The Kier molecular flexibility index (Phi) is 3.31. The van der Waals surface area contributed by atoms with E-state index in [4.69, 9.17) is 4.74 Å². The van der Waals surface area contributed by atoms with E-state index in [0.29, 0.717) is 0 Å². The van der Waals surface area contributed by atoms with Crippen molar-refractivity contribution in [2.45, 2.75) is 0 Å². The molecular weight excluding hydrogens is 186 g/mol. The summed E-state index contributed by atoms with van der Waals surface area (Å²) in [5.74, 6) is 0.773. The predicted molar refractivity (Wildman–Crippen MR) is 55.5 cm³/mol. The van der Waals surface area contributed by atoms with Gasteiger partial charge in [-0.05, 0) is 12.1 Å². The van der Waals surface area contributed by atoms with Gasteiger partial charge in [0.2, 0.25) is 0 Å². The van der Waals surface area contributed by atoms with Crippen molar-refractivity contribution in [1.82, 2.24) is 0 Å². The number of hydrogen-bond acceptors (Lipinski definition) is 2. The van der Waals surface area contributed by atoms with Gasteiger partial charge in [-0.25, -0.2) is 4.21 Å². The van der Waals surface area contributed by atoms with Crippen LogP contribution in [0, 0.1) is 0 Å². The van der Waals surface area contributed by atoms with Crippen LogP contribution in [-0.2, 0) is 11.0 Å². The molecule has 4 heteroatoms. The molecule has 0 spiro atoms. The summed E-state index contributed by atoms with van der Waals surface area (Å²) >= 11 is 0. The predicted octanol–water partition coefficient (Wildman–Crippen LogP) is 1.42. The second-order valence-electron chi connectivity index (χ2n) is 2.62. The summed E-state index contributed by atoms with van der Waals surface area (Å²) in [6, 6.07) is 7.47. The maximum atomic E-state index is 11.1.